The lowest BCUT2D eigenvalue weighted by Gasteiger charge is -2.10. The molecular formula is C19H19N5O4S. The number of nitrogens with zero attached hydrogens (tertiary/aromatic N) is 4. The highest BCUT2D eigenvalue weighted by molar-refractivity contribution is 7.99. The van der Waals surface area contributed by atoms with Crippen molar-refractivity contribution < 1.29 is 14.5 Å². The summed E-state index contributed by atoms with van der Waals surface area (Å²) in [5, 5.41) is 22.5. The van der Waals surface area contributed by atoms with Crippen molar-refractivity contribution in [3.05, 3.63) is 70.0 Å². The van der Waals surface area contributed by atoms with Crippen molar-refractivity contribution in [2.45, 2.75) is 11.6 Å². The number of nitrogens with one attached hydrogen (secondary N) is 1. The fourth-order valence-corrected chi connectivity index (χ4v) is 3.36. The van der Waals surface area contributed by atoms with E-state index in [1.165, 1.54) is 37.1 Å². The molecule has 10 heteroatoms. The minimum absolute atomic E-state index is 0.0726. The van der Waals surface area contributed by atoms with Gasteiger partial charge in [0, 0.05) is 25.6 Å². The molecule has 1 N–H and O–H groups in total. The number of aromatic nitrogens is 3. The van der Waals surface area contributed by atoms with Gasteiger partial charge >= 0.3 is 0 Å². The van der Waals surface area contributed by atoms with E-state index in [9.17, 15) is 14.9 Å². The SMILES string of the molecule is COc1ccc([N+](=O)[O-])cc1NC(=O)CSc1nnc(Cc2ccccc2)n1C. The first-order valence-electron chi connectivity index (χ1n) is 8.65. The zero-order chi connectivity index (χ0) is 20.8. The molecule has 0 saturated heterocycles. The highest BCUT2D eigenvalue weighted by Crippen LogP contribution is 2.29. The molecule has 0 aliphatic rings. The predicted molar refractivity (Wildman–Crippen MR) is 109 cm³/mol. The average Bonchev–Trinajstić information content (AvgIpc) is 3.06. The molecule has 0 aliphatic heterocycles. The molecule has 3 rings (SSSR count). The summed E-state index contributed by atoms with van der Waals surface area (Å²) in [6, 6.07) is 13.9. The second-order valence-corrected chi connectivity index (χ2v) is 7.04. The van der Waals surface area contributed by atoms with Gasteiger partial charge in [-0.1, -0.05) is 42.1 Å². The van der Waals surface area contributed by atoms with E-state index in [0.717, 1.165) is 11.4 Å². The van der Waals surface area contributed by atoms with Gasteiger partial charge in [0.25, 0.3) is 5.69 Å². The number of nitro benzene ring substituents is 1. The summed E-state index contributed by atoms with van der Waals surface area (Å²) in [5.41, 5.74) is 1.23. The standard InChI is InChI=1S/C19H19N5O4S/c1-23-17(10-13-6-4-3-5-7-13)21-22-19(23)29-12-18(25)20-15-11-14(24(26)27)8-9-16(15)28-2/h3-9,11H,10,12H2,1-2H3,(H,20,25). The first kappa shape index (κ1) is 20.3. The number of benzene rings is 2. The average molecular weight is 413 g/mol. The van der Waals surface area contributed by atoms with Crippen LogP contribution in [0.5, 0.6) is 5.75 Å². The molecule has 0 unspecified atom stereocenters. The van der Waals surface area contributed by atoms with Gasteiger partial charge < -0.3 is 14.6 Å². The fraction of sp³-hybridized carbons (Fsp3) is 0.211. The van der Waals surface area contributed by atoms with Crippen LogP contribution in [-0.2, 0) is 18.3 Å². The quantitative estimate of drug-likeness (QED) is 0.343. The maximum absolute atomic E-state index is 12.3. The van der Waals surface area contributed by atoms with Crippen LogP contribution in [0, 0.1) is 10.1 Å². The summed E-state index contributed by atoms with van der Waals surface area (Å²) < 4.78 is 7.00. The van der Waals surface area contributed by atoms with Crippen molar-refractivity contribution in [3.63, 3.8) is 0 Å². The monoisotopic (exact) mass is 413 g/mol. The third-order valence-corrected chi connectivity index (χ3v) is 5.15. The van der Waals surface area contributed by atoms with Crippen molar-refractivity contribution in [2.24, 2.45) is 7.05 Å². The molecule has 0 fully saturated rings. The van der Waals surface area contributed by atoms with E-state index < -0.39 is 4.92 Å². The minimum Gasteiger partial charge on any atom is -0.495 e. The van der Waals surface area contributed by atoms with Crippen LogP contribution in [-0.4, -0.2) is 38.5 Å². The molecule has 1 amide bonds. The van der Waals surface area contributed by atoms with Gasteiger partial charge in [-0.05, 0) is 11.6 Å². The van der Waals surface area contributed by atoms with E-state index in [-0.39, 0.29) is 23.0 Å². The largest absolute Gasteiger partial charge is 0.495 e. The van der Waals surface area contributed by atoms with Crippen LogP contribution in [0.25, 0.3) is 0 Å². The number of carbonyl (C=O) groups excluding carboxylic acids is 1. The number of amides is 1. The molecule has 0 spiro atoms. The molecule has 9 nitrogen and oxygen atoms in total. The molecule has 0 radical (unpaired) electrons. The third kappa shape index (κ3) is 5.11. The van der Waals surface area contributed by atoms with E-state index in [4.69, 9.17) is 4.74 Å². The zero-order valence-electron chi connectivity index (χ0n) is 15.9. The number of rotatable bonds is 8. The molecule has 2 aromatic carbocycles. The van der Waals surface area contributed by atoms with Crippen molar-refractivity contribution in [1.82, 2.24) is 14.8 Å². The lowest BCUT2D eigenvalue weighted by molar-refractivity contribution is -0.384. The van der Waals surface area contributed by atoms with Crippen LogP contribution in [0.3, 0.4) is 0 Å². The third-order valence-electron chi connectivity index (χ3n) is 4.13. The van der Waals surface area contributed by atoms with Crippen LogP contribution in [0.2, 0.25) is 0 Å². The second kappa shape index (κ2) is 9.20. The number of hydrogen-bond donors (Lipinski definition) is 1. The van der Waals surface area contributed by atoms with Crippen molar-refractivity contribution in [3.8, 4) is 5.75 Å². The van der Waals surface area contributed by atoms with E-state index >= 15 is 0 Å². The van der Waals surface area contributed by atoms with Gasteiger partial charge in [-0.3, -0.25) is 14.9 Å². The van der Waals surface area contributed by atoms with Crippen LogP contribution in [0.15, 0.2) is 53.7 Å². The Hall–Kier alpha value is -3.40. The topological polar surface area (TPSA) is 112 Å². The lowest BCUT2D eigenvalue weighted by atomic mass is 10.1. The Labute approximate surface area is 171 Å². The van der Waals surface area contributed by atoms with Crippen molar-refractivity contribution in [1.29, 1.82) is 0 Å². The molecular weight excluding hydrogens is 394 g/mol. The van der Waals surface area contributed by atoms with E-state index in [1.807, 2.05) is 41.9 Å². The molecule has 1 heterocycles. The van der Waals surface area contributed by atoms with Crippen LogP contribution in [0.1, 0.15) is 11.4 Å². The first-order chi connectivity index (χ1) is 14.0. The fourth-order valence-electron chi connectivity index (χ4n) is 2.63. The first-order valence-corrected chi connectivity index (χ1v) is 9.63. The van der Waals surface area contributed by atoms with Crippen molar-refractivity contribution >= 4 is 29.0 Å². The van der Waals surface area contributed by atoms with Crippen LogP contribution in [0.4, 0.5) is 11.4 Å². The summed E-state index contributed by atoms with van der Waals surface area (Å²) in [6.45, 7) is 0. The Morgan fingerprint density at radius 1 is 1.24 bits per heavy atom. The Kier molecular flexibility index (Phi) is 6.45. The van der Waals surface area contributed by atoms with Gasteiger partial charge in [0.2, 0.25) is 5.91 Å². The lowest BCUT2D eigenvalue weighted by Crippen LogP contribution is -2.15. The van der Waals surface area contributed by atoms with Gasteiger partial charge in [-0.15, -0.1) is 10.2 Å². The summed E-state index contributed by atoms with van der Waals surface area (Å²) in [5.74, 6) is 0.877. The summed E-state index contributed by atoms with van der Waals surface area (Å²) in [4.78, 5) is 22.7. The Morgan fingerprint density at radius 3 is 2.69 bits per heavy atom. The molecule has 0 atom stereocenters. The maximum atomic E-state index is 12.3. The maximum Gasteiger partial charge on any atom is 0.271 e. The number of thioether (sulfide) groups is 1. The Balaban J connectivity index is 1.63. The normalized spacial score (nSPS) is 10.6. The van der Waals surface area contributed by atoms with Crippen molar-refractivity contribution in [2.75, 3.05) is 18.2 Å². The van der Waals surface area contributed by atoms with Crippen LogP contribution < -0.4 is 10.1 Å². The Bertz CT molecular complexity index is 1020. The number of carbonyl (C=O) groups is 1. The predicted octanol–water partition coefficient (Wildman–Crippen LogP) is 3.05. The zero-order valence-corrected chi connectivity index (χ0v) is 16.7. The van der Waals surface area contributed by atoms with Gasteiger partial charge in [-0.2, -0.15) is 0 Å². The number of hydrogen-bond acceptors (Lipinski definition) is 7. The van der Waals surface area contributed by atoms with E-state index in [1.54, 1.807) is 0 Å². The van der Waals surface area contributed by atoms with Gasteiger partial charge in [-0.25, -0.2) is 0 Å². The number of anilines is 1. The highest BCUT2D eigenvalue weighted by atomic mass is 32.2. The number of nitro groups is 1. The molecule has 3 aromatic rings. The smallest absolute Gasteiger partial charge is 0.271 e. The van der Waals surface area contributed by atoms with Crippen LogP contribution >= 0.6 is 11.8 Å². The molecule has 1 aromatic heterocycles. The number of ether oxygens (including phenoxy) is 1. The van der Waals surface area contributed by atoms with Gasteiger partial charge in [0.15, 0.2) is 5.16 Å². The number of methoxy groups -OCH3 is 1. The molecule has 0 bridgehead atoms. The van der Waals surface area contributed by atoms with E-state index in [2.05, 4.69) is 15.5 Å². The molecule has 0 aliphatic carbocycles. The minimum atomic E-state index is -0.530. The second-order valence-electron chi connectivity index (χ2n) is 6.10. The molecule has 0 saturated carbocycles. The molecule has 29 heavy (non-hydrogen) atoms. The van der Waals surface area contributed by atoms with E-state index in [0.29, 0.717) is 17.3 Å². The molecule has 150 valence electrons. The summed E-state index contributed by atoms with van der Waals surface area (Å²) in [6.07, 6.45) is 0.641. The summed E-state index contributed by atoms with van der Waals surface area (Å²) in [7, 11) is 3.28. The number of non-ortho nitro benzene ring substituents is 1. The van der Waals surface area contributed by atoms with Gasteiger partial charge in [0.1, 0.15) is 11.6 Å². The Morgan fingerprint density at radius 2 is 2.00 bits per heavy atom. The summed E-state index contributed by atoms with van der Waals surface area (Å²) >= 11 is 1.23. The highest BCUT2D eigenvalue weighted by Gasteiger charge is 2.16. The van der Waals surface area contributed by atoms with Gasteiger partial charge in [0.05, 0.1) is 23.5 Å².